The second-order valence-electron chi connectivity index (χ2n) is 7.27. The molecule has 0 bridgehead atoms. The van der Waals surface area contributed by atoms with Crippen LogP contribution in [0.3, 0.4) is 0 Å². The molecule has 2 fully saturated rings. The van der Waals surface area contributed by atoms with E-state index in [2.05, 4.69) is 42.5 Å². The van der Waals surface area contributed by atoms with Gasteiger partial charge in [0.2, 0.25) is 0 Å². The van der Waals surface area contributed by atoms with Crippen LogP contribution in [0, 0.1) is 0 Å². The molecule has 2 saturated heterocycles. The van der Waals surface area contributed by atoms with Crippen molar-refractivity contribution in [1.29, 1.82) is 0 Å². The molecule has 0 spiro atoms. The molecule has 1 N–H and O–H groups in total. The molecule has 2 rings (SSSR count). The lowest BCUT2D eigenvalue weighted by atomic mass is 10.1. The summed E-state index contributed by atoms with van der Waals surface area (Å²) in [6.45, 7) is 18.0. The molecule has 110 valence electrons. The van der Waals surface area contributed by atoms with E-state index >= 15 is 0 Å². The molecule has 3 heteroatoms. The van der Waals surface area contributed by atoms with Crippen molar-refractivity contribution in [3.8, 4) is 0 Å². The highest BCUT2D eigenvalue weighted by atomic mass is 15.3. The van der Waals surface area contributed by atoms with Gasteiger partial charge in [-0.1, -0.05) is 6.58 Å². The Bertz CT molecular complexity index is 300. The first-order chi connectivity index (χ1) is 8.94. The van der Waals surface area contributed by atoms with Crippen LogP contribution in [0.5, 0.6) is 0 Å². The molecule has 19 heavy (non-hydrogen) atoms. The Morgan fingerprint density at radius 1 is 1.21 bits per heavy atom. The Morgan fingerprint density at radius 3 is 2.53 bits per heavy atom. The summed E-state index contributed by atoms with van der Waals surface area (Å²) in [4.78, 5) is 5.27. The molecule has 0 aromatic rings. The fourth-order valence-electron chi connectivity index (χ4n) is 3.12. The highest BCUT2D eigenvalue weighted by molar-refractivity contribution is 5.03. The van der Waals surface area contributed by atoms with Gasteiger partial charge in [0.15, 0.2) is 0 Å². The van der Waals surface area contributed by atoms with Crippen LogP contribution in [0.15, 0.2) is 12.2 Å². The van der Waals surface area contributed by atoms with E-state index in [9.17, 15) is 0 Å². The van der Waals surface area contributed by atoms with Gasteiger partial charge in [-0.15, -0.1) is 0 Å². The summed E-state index contributed by atoms with van der Waals surface area (Å²) in [5.41, 5.74) is 1.50. The number of hydrogen-bond acceptors (Lipinski definition) is 3. The van der Waals surface area contributed by atoms with E-state index < -0.39 is 0 Å². The number of hydrogen-bond donors (Lipinski definition) is 1. The third-order valence-corrected chi connectivity index (χ3v) is 4.22. The van der Waals surface area contributed by atoms with E-state index in [1.807, 2.05) is 0 Å². The van der Waals surface area contributed by atoms with Gasteiger partial charge in [0.1, 0.15) is 0 Å². The maximum absolute atomic E-state index is 4.23. The van der Waals surface area contributed by atoms with Crippen molar-refractivity contribution in [1.82, 2.24) is 15.1 Å². The molecule has 1 atom stereocenters. The normalized spacial score (nSPS) is 26.2. The van der Waals surface area contributed by atoms with Crippen LogP contribution in [-0.4, -0.2) is 60.6 Å². The highest BCUT2D eigenvalue weighted by Crippen LogP contribution is 2.20. The molecule has 0 aliphatic carbocycles. The second kappa shape index (κ2) is 6.38. The first kappa shape index (κ1) is 15.0. The highest BCUT2D eigenvalue weighted by Gasteiger charge is 2.29. The third-order valence-electron chi connectivity index (χ3n) is 4.22. The molecular formula is C16H31N3. The van der Waals surface area contributed by atoms with Gasteiger partial charge in [0.25, 0.3) is 0 Å². The number of nitrogens with one attached hydrogen (secondary N) is 1. The van der Waals surface area contributed by atoms with Gasteiger partial charge in [0.05, 0.1) is 0 Å². The smallest absolute Gasteiger partial charge is 0.0235 e. The molecule has 3 nitrogen and oxygen atoms in total. The van der Waals surface area contributed by atoms with Crippen LogP contribution in [0.2, 0.25) is 0 Å². The lowest BCUT2D eigenvalue weighted by Gasteiger charge is -2.25. The monoisotopic (exact) mass is 265 g/mol. The van der Waals surface area contributed by atoms with Crippen molar-refractivity contribution in [2.75, 3.05) is 39.3 Å². The average molecular weight is 265 g/mol. The molecule has 0 saturated carbocycles. The lowest BCUT2D eigenvalue weighted by molar-refractivity contribution is 0.236. The van der Waals surface area contributed by atoms with Crippen LogP contribution in [-0.2, 0) is 0 Å². The van der Waals surface area contributed by atoms with E-state index in [0.29, 0.717) is 0 Å². The molecule has 0 amide bonds. The number of likely N-dealkylation sites (tertiary alicyclic amines) is 2. The Balaban J connectivity index is 1.68. The SMILES string of the molecule is C=C(CNC(C)(C)C)CN1CCC(N2CCCC2)C1. The zero-order valence-electron chi connectivity index (χ0n) is 13.0. The van der Waals surface area contributed by atoms with Gasteiger partial charge in [0, 0.05) is 37.8 Å². The summed E-state index contributed by atoms with van der Waals surface area (Å²) in [5.74, 6) is 0. The minimum absolute atomic E-state index is 0.187. The number of rotatable bonds is 5. The van der Waals surface area contributed by atoms with Crippen LogP contribution in [0.4, 0.5) is 0 Å². The molecule has 0 aromatic carbocycles. The zero-order chi connectivity index (χ0) is 13.9. The number of nitrogens with zero attached hydrogens (tertiary/aromatic N) is 2. The van der Waals surface area contributed by atoms with Crippen molar-refractivity contribution in [3.63, 3.8) is 0 Å². The summed E-state index contributed by atoms with van der Waals surface area (Å²) < 4.78 is 0. The Morgan fingerprint density at radius 2 is 1.89 bits per heavy atom. The van der Waals surface area contributed by atoms with Gasteiger partial charge in [-0.2, -0.15) is 0 Å². The average Bonchev–Trinajstić information content (AvgIpc) is 2.94. The zero-order valence-corrected chi connectivity index (χ0v) is 13.0. The van der Waals surface area contributed by atoms with Gasteiger partial charge in [-0.25, -0.2) is 0 Å². The molecule has 2 aliphatic rings. The molecule has 1 unspecified atom stereocenters. The van der Waals surface area contributed by atoms with Crippen molar-refractivity contribution in [2.45, 2.75) is 51.6 Å². The van der Waals surface area contributed by atoms with Crippen molar-refractivity contribution in [3.05, 3.63) is 12.2 Å². The Labute approximate surface area is 119 Å². The standard InChI is InChI=1S/C16H31N3/c1-14(11-17-16(2,3)4)12-18-10-7-15(13-18)19-8-5-6-9-19/h15,17H,1,5-13H2,2-4H3. The van der Waals surface area contributed by atoms with E-state index in [-0.39, 0.29) is 5.54 Å². The van der Waals surface area contributed by atoms with Gasteiger partial charge >= 0.3 is 0 Å². The van der Waals surface area contributed by atoms with Crippen LogP contribution >= 0.6 is 0 Å². The molecular weight excluding hydrogens is 234 g/mol. The molecule has 2 heterocycles. The summed E-state index contributed by atoms with van der Waals surface area (Å²) in [5, 5.41) is 3.53. The summed E-state index contributed by atoms with van der Waals surface area (Å²) in [7, 11) is 0. The van der Waals surface area contributed by atoms with Crippen LogP contribution in [0.1, 0.15) is 40.0 Å². The fraction of sp³-hybridized carbons (Fsp3) is 0.875. The molecule has 0 aromatic heterocycles. The van der Waals surface area contributed by atoms with Crippen molar-refractivity contribution in [2.24, 2.45) is 0 Å². The topological polar surface area (TPSA) is 18.5 Å². The minimum Gasteiger partial charge on any atom is -0.308 e. The second-order valence-corrected chi connectivity index (χ2v) is 7.27. The molecule has 2 aliphatic heterocycles. The van der Waals surface area contributed by atoms with E-state index in [0.717, 1.165) is 19.1 Å². The third kappa shape index (κ3) is 4.90. The van der Waals surface area contributed by atoms with E-state index in [4.69, 9.17) is 0 Å². The Hall–Kier alpha value is -0.380. The first-order valence-electron chi connectivity index (χ1n) is 7.82. The van der Waals surface area contributed by atoms with Crippen LogP contribution in [0.25, 0.3) is 0 Å². The first-order valence-corrected chi connectivity index (χ1v) is 7.82. The minimum atomic E-state index is 0.187. The Kier molecular flexibility index (Phi) is 5.04. The summed E-state index contributed by atoms with van der Waals surface area (Å²) in [6.07, 6.45) is 4.15. The van der Waals surface area contributed by atoms with Gasteiger partial charge in [-0.05, 0) is 58.7 Å². The van der Waals surface area contributed by atoms with Gasteiger partial charge < -0.3 is 5.32 Å². The largest absolute Gasteiger partial charge is 0.308 e. The van der Waals surface area contributed by atoms with Crippen LogP contribution < -0.4 is 5.32 Å². The maximum atomic E-state index is 4.23. The summed E-state index contributed by atoms with van der Waals surface area (Å²) >= 11 is 0. The lowest BCUT2D eigenvalue weighted by Crippen LogP contribution is -2.39. The quantitative estimate of drug-likeness (QED) is 0.768. The predicted octanol–water partition coefficient (Wildman–Crippen LogP) is 2.10. The predicted molar refractivity (Wildman–Crippen MR) is 82.5 cm³/mol. The van der Waals surface area contributed by atoms with Gasteiger partial charge in [-0.3, -0.25) is 9.80 Å². The maximum Gasteiger partial charge on any atom is 0.0235 e. The van der Waals surface area contributed by atoms with E-state index in [1.165, 1.54) is 51.0 Å². The summed E-state index contributed by atoms with van der Waals surface area (Å²) in [6, 6.07) is 0.811. The van der Waals surface area contributed by atoms with Crippen molar-refractivity contribution < 1.29 is 0 Å². The fourth-order valence-corrected chi connectivity index (χ4v) is 3.12. The molecule has 0 radical (unpaired) electrons. The van der Waals surface area contributed by atoms with Crippen molar-refractivity contribution >= 4 is 0 Å². The van der Waals surface area contributed by atoms with E-state index in [1.54, 1.807) is 0 Å².